The van der Waals surface area contributed by atoms with Crippen LogP contribution in [0.2, 0.25) is 5.02 Å². The number of nitrogens with zero attached hydrogens (tertiary/aromatic N) is 3. The monoisotopic (exact) mass is 376 g/mol. The van der Waals surface area contributed by atoms with E-state index in [-0.39, 0.29) is 5.69 Å². The zero-order valence-electron chi connectivity index (χ0n) is 14.9. The minimum atomic E-state index is -0.935. The molecule has 0 spiro atoms. The summed E-state index contributed by atoms with van der Waals surface area (Å²) in [5, 5.41) is 18.3. The van der Waals surface area contributed by atoms with Crippen molar-refractivity contribution in [3.8, 4) is 0 Å². The first kappa shape index (κ1) is 18.3. The molecule has 1 amide bonds. The number of nitrogens with one attached hydrogen (secondary N) is 1. The molecule has 2 N–H and O–H groups in total. The van der Waals surface area contributed by atoms with Crippen LogP contribution < -0.4 is 5.69 Å². The van der Waals surface area contributed by atoms with Crippen LogP contribution in [0.3, 0.4) is 0 Å². The van der Waals surface area contributed by atoms with E-state index in [0.29, 0.717) is 30.1 Å². The van der Waals surface area contributed by atoms with Gasteiger partial charge < -0.3 is 10.0 Å². The van der Waals surface area contributed by atoms with Gasteiger partial charge in [0.1, 0.15) is 0 Å². The maximum absolute atomic E-state index is 12.0. The Kier molecular flexibility index (Phi) is 4.66. The number of benzene rings is 1. The number of fused-ring (bicyclic) bond motifs is 3. The van der Waals surface area contributed by atoms with Crippen molar-refractivity contribution in [3.05, 3.63) is 45.5 Å². The van der Waals surface area contributed by atoms with Crippen molar-refractivity contribution in [2.75, 3.05) is 6.54 Å². The Balaban J connectivity index is 1.95. The highest BCUT2D eigenvalue weighted by atomic mass is 35.5. The van der Waals surface area contributed by atoms with E-state index in [1.54, 1.807) is 18.3 Å². The average Bonchev–Trinajstić information content (AvgIpc) is 2.91. The van der Waals surface area contributed by atoms with Crippen LogP contribution in [0.25, 0.3) is 16.4 Å². The van der Waals surface area contributed by atoms with Crippen LogP contribution in [-0.4, -0.2) is 42.8 Å². The minimum absolute atomic E-state index is 0.315. The molecule has 1 aromatic carbocycles. The fourth-order valence-electron chi connectivity index (χ4n) is 3.17. The molecule has 0 radical (unpaired) electrons. The van der Waals surface area contributed by atoms with E-state index in [4.69, 9.17) is 11.6 Å². The zero-order valence-corrected chi connectivity index (χ0v) is 15.7. The third kappa shape index (κ3) is 3.39. The second-order valence-corrected chi connectivity index (χ2v) is 7.71. The van der Waals surface area contributed by atoms with Crippen LogP contribution in [0, 0.1) is 0 Å². The molecule has 0 fully saturated rings. The van der Waals surface area contributed by atoms with E-state index in [2.05, 4.69) is 10.2 Å². The second kappa shape index (κ2) is 6.64. The molecule has 7 nitrogen and oxygen atoms in total. The van der Waals surface area contributed by atoms with E-state index in [9.17, 15) is 14.7 Å². The van der Waals surface area contributed by atoms with Gasteiger partial charge in [-0.3, -0.25) is 0 Å². The summed E-state index contributed by atoms with van der Waals surface area (Å²) >= 11 is 6.11. The quantitative estimate of drug-likeness (QED) is 0.728. The minimum Gasteiger partial charge on any atom is -0.465 e. The standard InChI is InChI=1S/C18H21ClN4O3/c1-18(2,3)23(17(25)26)8-4-5-11-10-22-15(20-21-16(22)24)14-9-12(19)6-7-13(11)14/h6-7,9-10H,4-5,8H2,1-3H3,(H,21,24)(H,25,26). The van der Waals surface area contributed by atoms with Crippen molar-refractivity contribution in [2.24, 2.45) is 0 Å². The first-order valence-corrected chi connectivity index (χ1v) is 8.75. The third-order valence-electron chi connectivity index (χ3n) is 4.43. The number of hydrogen-bond donors (Lipinski definition) is 2. The molecular weight excluding hydrogens is 356 g/mol. The van der Waals surface area contributed by atoms with E-state index < -0.39 is 11.6 Å². The number of aromatic nitrogens is 3. The third-order valence-corrected chi connectivity index (χ3v) is 4.66. The molecule has 0 bridgehead atoms. The Bertz CT molecular complexity index is 1030. The van der Waals surface area contributed by atoms with Gasteiger partial charge in [-0.15, -0.1) is 0 Å². The summed E-state index contributed by atoms with van der Waals surface area (Å²) in [6.45, 7) is 6.02. The van der Waals surface area contributed by atoms with Gasteiger partial charge in [0.15, 0.2) is 5.65 Å². The molecule has 0 unspecified atom stereocenters. The van der Waals surface area contributed by atoms with Gasteiger partial charge in [0.2, 0.25) is 0 Å². The van der Waals surface area contributed by atoms with Crippen molar-refractivity contribution < 1.29 is 9.90 Å². The number of pyridine rings is 1. The van der Waals surface area contributed by atoms with E-state index in [1.807, 2.05) is 26.8 Å². The zero-order chi connectivity index (χ0) is 19.1. The Morgan fingerprint density at radius 3 is 2.73 bits per heavy atom. The van der Waals surface area contributed by atoms with Crippen molar-refractivity contribution in [1.29, 1.82) is 0 Å². The number of H-pyrrole nitrogens is 1. The van der Waals surface area contributed by atoms with E-state index >= 15 is 0 Å². The fraction of sp³-hybridized carbons (Fsp3) is 0.389. The van der Waals surface area contributed by atoms with E-state index in [1.165, 1.54) is 9.30 Å². The first-order chi connectivity index (χ1) is 12.2. The summed E-state index contributed by atoms with van der Waals surface area (Å²) in [6, 6.07) is 5.49. The summed E-state index contributed by atoms with van der Waals surface area (Å²) in [6.07, 6.45) is 2.10. The first-order valence-electron chi connectivity index (χ1n) is 8.37. The predicted molar refractivity (Wildman–Crippen MR) is 101 cm³/mol. The molecule has 138 valence electrons. The van der Waals surface area contributed by atoms with Crippen LogP contribution in [0.4, 0.5) is 4.79 Å². The average molecular weight is 377 g/mol. The summed E-state index contributed by atoms with van der Waals surface area (Å²) < 4.78 is 1.46. The second-order valence-electron chi connectivity index (χ2n) is 7.28. The topological polar surface area (TPSA) is 90.7 Å². The Labute approximate surface area is 155 Å². The molecule has 0 aliphatic rings. The number of rotatable bonds is 4. The van der Waals surface area contributed by atoms with Crippen molar-refractivity contribution in [2.45, 2.75) is 39.2 Å². The van der Waals surface area contributed by atoms with Crippen molar-refractivity contribution in [1.82, 2.24) is 19.5 Å². The van der Waals surface area contributed by atoms with Gasteiger partial charge in [-0.25, -0.2) is 19.1 Å². The molecule has 3 rings (SSSR count). The molecule has 8 heteroatoms. The lowest BCUT2D eigenvalue weighted by Gasteiger charge is -2.33. The SMILES string of the molecule is CC(C)(C)N(CCCc1cn2c(=O)[nH]nc2c2cc(Cl)ccc12)C(=O)O. The van der Waals surface area contributed by atoms with Crippen molar-refractivity contribution >= 4 is 34.1 Å². The molecule has 3 aromatic rings. The van der Waals surface area contributed by atoms with Gasteiger partial charge >= 0.3 is 11.8 Å². The molecule has 0 aliphatic carbocycles. The van der Waals surface area contributed by atoms with Crippen LogP contribution >= 0.6 is 11.6 Å². The Morgan fingerprint density at radius 1 is 1.35 bits per heavy atom. The highest BCUT2D eigenvalue weighted by Crippen LogP contribution is 2.26. The van der Waals surface area contributed by atoms with Gasteiger partial charge in [0.25, 0.3) is 0 Å². The summed E-state index contributed by atoms with van der Waals surface area (Å²) in [7, 11) is 0. The number of carbonyl (C=O) groups is 1. The normalized spacial score (nSPS) is 12.0. The molecule has 0 atom stereocenters. The van der Waals surface area contributed by atoms with Crippen LogP contribution in [0.1, 0.15) is 32.8 Å². The van der Waals surface area contributed by atoms with Crippen LogP contribution in [0.5, 0.6) is 0 Å². The van der Waals surface area contributed by atoms with Gasteiger partial charge in [0, 0.05) is 28.7 Å². The van der Waals surface area contributed by atoms with Gasteiger partial charge in [-0.2, -0.15) is 5.10 Å². The number of aryl methyl sites for hydroxylation is 1. The Morgan fingerprint density at radius 2 is 2.08 bits per heavy atom. The lowest BCUT2D eigenvalue weighted by molar-refractivity contribution is 0.0996. The highest BCUT2D eigenvalue weighted by molar-refractivity contribution is 6.31. The number of hydrogen-bond acceptors (Lipinski definition) is 3. The fourth-order valence-corrected chi connectivity index (χ4v) is 3.34. The summed E-state index contributed by atoms with van der Waals surface area (Å²) in [5.74, 6) is 0. The van der Waals surface area contributed by atoms with Gasteiger partial charge in [-0.05, 0) is 56.7 Å². The maximum atomic E-state index is 12.0. The smallest absolute Gasteiger partial charge is 0.407 e. The predicted octanol–water partition coefficient (Wildman–Crippen LogP) is 3.54. The molecular formula is C18H21ClN4O3. The number of aromatic amines is 1. The number of carboxylic acid groups (broad SMARTS) is 1. The van der Waals surface area contributed by atoms with Crippen LogP contribution in [-0.2, 0) is 6.42 Å². The largest absolute Gasteiger partial charge is 0.465 e. The molecule has 0 saturated carbocycles. The lowest BCUT2D eigenvalue weighted by Crippen LogP contribution is -2.45. The lowest BCUT2D eigenvalue weighted by atomic mass is 10.0. The molecule has 2 aromatic heterocycles. The Hall–Kier alpha value is -2.54. The van der Waals surface area contributed by atoms with Crippen molar-refractivity contribution in [3.63, 3.8) is 0 Å². The highest BCUT2D eigenvalue weighted by Gasteiger charge is 2.25. The molecule has 0 saturated heterocycles. The molecule has 26 heavy (non-hydrogen) atoms. The summed E-state index contributed by atoms with van der Waals surface area (Å²) in [5.41, 5.74) is 0.697. The van der Waals surface area contributed by atoms with Gasteiger partial charge in [-0.1, -0.05) is 17.7 Å². The number of amides is 1. The van der Waals surface area contributed by atoms with Crippen LogP contribution in [0.15, 0.2) is 29.2 Å². The van der Waals surface area contributed by atoms with Gasteiger partial charge in [0.05, 0.1) is 0 Å². The maximum Gasteiger partial charge on any atom is 0.407 e. The summed E-state index contributed by atoms with van der Waals surface area (Å²) in [4.78, 5) is 24.9. The molecule has 0 aliphatic heterocycles. The van der Waals surface area contributed by atoms with E-state index in [0.717, 1.165) is 16.3 Å². The molecule has 2 heterocycles. The number of halogens is 1.